The molecule has 0 saturated heterocycles. The van der Waals surface area contributed by atoms with Crippen LogP contribution in [0.4, 0.5) is 0 Å². The van der Waals surface area contributed by atoms with E-state index in [-0.39, 0.29) is 64.0 Å². The fraction of sp³-hybridized carbons (Fsp3) is 0.937. The minimum absolute atomic E-state index is 0.00494. The van der Waals surface area contributed by atoms with Crippen LogP contribution < -0.4 is 0 Å². The van der Waals surface area contributed by atoms with Crippen molar-refractivity contribution in [2.75, 3.05) is 113 Å². The predicted molar refractivity (Wildman–Crippen MR) is 415 cm³/mol. The van der Waals surface area contributed by atoms with E-state index < -0.39 is 59.0 Å². The van der Waals surface area contributed by atoms with Crippen molar-refractivity contribution in [1.29, 1.82) is 0 Å². The molecule has 0 radical (unpaired) electrons. The normalized spacial score (nSPS) is 13.7. The van der Waals surface area contributed by atoms with E-state index in [2.05, 4.69) is 13.8 Å². The number of phosphoric ester groups is 2. The molecular formula is C79H156N2O18P2S+2. The number of phosphoric acid groups is 2. The van der Waals surface area contributed by atoms with Gasteiger partial charge in [0.15, 0.2) is 12.2 Å². The summed E-state index contributed by atoms with van der Waals surface area (Å²) in [6.07, 6.45) is 54.2. The fourth-order valence-electron chi connectivity index (χ4n) is 11.6. The summed E-state index contributed by atoms with van der Waals surface area (Å²) in [4.78, 5) is 83.8. The number of quaternary nitrogens is 2. The molecule has 0 spiro atoms. The zero-order chi connectivity index (χ0) is 75.4. The molecule has 0 saturated carbocycles. The van der Waals surface area contributed by atoms with Gasteiger partial charge in [-0.1, -0.05) is 284 Å². The van der Waals surface area contributed by atoms with E-state index in [9.17, 15) is 42.9 Å². The van der Waals surface area contributed by atoms with Crippen molar-refractivity contribution in [1.82, 2.24) is 0 Å². The first-order valence-electron chi connectivity index (χ1n) is 41.2. The van der Waals surface area contributed by atoms with Gasteiger partial charge in [0.1, 0.15) is 39.5 Å². The largest absolute Gasteiger partial charge is 0.472 e. The number of carbonyl (C=O) groups is 5. The number of nitrogens with zero attached hydrogens (tertiary/aromatic N) is 2. The van der Waals surface area contributed by atoms with Crippen LogP contribution in [0.15, 0.2) is 0 Å². The molecule has 0 bridgehead atoms. The smallest absolute Gasteiger partial charge is 0.466 e. The van der Waals surface area contributed by atoms with E-state index in [4.69, 9.17) is 41.8 Å². The van der Waals surface area contributed by atoms with Crippen molar-refractivity contribution < 1.29 is 93.6 Å². The highest BCUT2D eigenvalue weighted by Gasteiger charge is 2.29. The molecule has 0 aliphatic carbocycles. The Labute approximate surface area is 627 Å². The molecule has 0 amide bonds. The van der Waals surface area contributed by atoms with Crippen LogP contribution in [0.1, 0.15) is 354 Å². The highest BCUT2D eigenvalue weighted by Crippen LogP contribution is 2.44. The summed E-state index contributed by atoms with van der Waals surface area (Å²) in [6, 6.07) is 0. The Morgan fingerprint density at radius 2 is 0.549 bits per heavy atom. The Hall–Kier alpha value is -2.16. The molecule has 2 N–H and O–H groups in total. The highest BCUT2D eigenvalue weighted by atomic mass is 32.2. The summed E-state index contributed by atoms with van der Waals surface area (Å²) >= 11 is 1.83. The van der Waals surface area contributed by atoms with Gasteiger partial charge in [-0.25, -0.2) is 9.13 Å². The number of rotatable bonds is 79. The number of hydrogen-bond acceptors (Lipinski definition) is 17. The zero-order valence-electron chi connectivity index (χ0n) is 66.5. The molecular weight excluding hydrogens is 1360 g/mol. The van der Waals surface area contributed by atoms with Crippen molar-refractivity contribution in [2.24, 2.45) is 0 Å². The zero-order valence-corrected chi connectivity index (χ0v) is 69.1. The van der Waals surface area contributed by atoms with Gasteiger partial charge in [-0.3, -0.25) is 42.1 Å². The fourth-order valence-corrected chi connectivity index (χ4v) is 14.1. The third-order valence-corrected chi connectivity index (χ3v) is 21.3. The van der Waals surface area contributed by atoms with E-state index in [1.807, 2.05) is 54.0 Å². The summed E-state index contributed by atoms with van der Waals surface area (Å²) < 4.78 is 74.6. The molecule has 4 atom stereocenters. The van der Waals surface area contributed by atoms with Crippen LogP contribution in [0, 0.1) is 0 Å². The van der Waals surface area contributed by atoms with Gasteiger partial charge >= 0.3 is 45.5 Å². The van der Waals surface area contributed by atoms with E-state index in [0.717, 1.165) is 121 Å². The molecule has 0 heterocycles. The van der Waals surface area contributed by atoms with Gasteiger partial charge in [-0.2, -0.15) is 11.8 Å². The Balaban J connectivity index is 4.12. The Kier molecular flexibility index (Phi) is 67.8. The number of esters is 5. The first-order valence-corrected chi connectivity index (χ1v) is 45.4. The van der Waals surface area contributed by atoms with E-state index in [1.54, 1.807) is 0 Å². The molecule has 102 heavy (non-hydrogen) atoms. The van der Waals surface area contributed by atoms with Crippen molar-refractivity contribution in [3.8, 4) is 0 Å². The van der Waals surface area contributed by atoms with Gasteiger partial charge in [0, 0.05) is 31.4 Å². The van der Waals surface area contributed by atoms with Crippen molar-refractivity contribution in [3.05, 3.63) is 0 Å². The minimum atomic E-state index is -4.42. The maximum atomic E-state index is 12.9. The molecule has 0 aliphatic rings. The van der Waals surface area contributed by atoms with E-state index in [0.29, 0.717) is 47.9 Å². The van der Waals surface area contributed by atoms with E-state index in [1.165, 1.54) is 186 Å². The van der Waals surface area contributed by atoms with Crippen LogP contribution in [-0.2, 0) is 74.9 Å². The lowest BCUT2D eigenvalue weighted by Gasteiger charge is -2.24. The summed E-state index contributed by atoms with van der Waals surface area (Å²) in [7, 11) is 2.81. The summed E-state index contributed by atoms with van der Waals surface area (Å²) in [5, 5.41) is 0. The van der Waals surface area contributed by atoms with Crippen LogP contribution in [-0.4, -0.2) is 174 Å². The van der Waals surface area contributed by atoms with Crippen LogP contribution in [0.3, 0.4) is 0 Å². The summed E-state index contributed by atoms with van der Waals surface area (Å²) in [5.74, 6) is 0.0441. The lowest BCUT2D eigenvalue weighted by Crippen LogP contribution is -2.37. The predicted octanol–water partition coefficient (Wildman–Crippen LogP) is 20.6. The third kappa shape index (κ3) is 76.1. The van der Waals surface area contributed by atoms with Crippen molar-refractivity contribution >= 4 is 57.3 Å². The van der Waals surface area contributed by atoms with E-state index >= 15 is 0 Å². The minimum Gasteiger partial charge on any atom is -0.466 e. The van der Waals surface area contributed by atoms with Crippen LogP contribution in [0.5, 0.6) is 0 Å². The molecule has 0 aliphatic heterocycles. The Bertz CT molecular complexity index is 2080. The monoisotopic (exact) mass is 1520 g/mol. The standard InChI is InChI=1S/C79H154N2O18P2S/c1-9-11-13-15-17-19-21-24-28-33-39-45-51-57-75(82)92-69-73(71-96-100(87,88)94-65-62-80(3,4)5)98-78(85)59-53-47-41-35-30-26-23-27-31-38-44-50-56-67-102-68-61-77(84)91-64-55-49-43-37-32-36-42-48-54-60-79(86)99-74(72-97-101(89,90)95-66-63-81(6,7)8)70-93-76(83)58-52-46-40-34-29-25-22-20-18-16-14-12-10-2/h73-74H,9-72H2,1-8H3/p+2/t73-,74+/m1/s1. The lowest BCUT2D eigenvalue weighted by atomic mass is 10.0. The van der Waals surface area contributed by atoms with Crippen LogP contribution in [0.25, 0.3) is 0 Å². The van der Waals surface area contributed by atoms with Gasteiger partial charge in [0.2, 0.25) is 0 Å². The molecule has 0 aromatic carbocycles. The quantitative estimate of drug-likeness (QED) is 0.0189. The maximum absolute atomic E-state index is 12.9. The van der Waals surface area contributed by atoms with Crippen LogP contribution >= 0.6 is 27.4 Å². The van der Waals surface area contributed by atoms with Gasteiger partial charge in [0.25, 0.3) is 0 Å². The average Bonchev–Trinajstić information content (AvgIpc) is 0.913. The van der Waals surface area contributed by atoms with Gasteiger partial charge in [0.05, 0.1) is 68.5 Å². The molecule has 2 unspecified atom stereocenters. The first kappa shape index (κ1) is 99.8. The Morgan fingerprint density at radius 1 is 0.294 bits per heavy atom. The second kappa shape index (κ2) is 69.3. The number of hydrogen-bond donors (Lipinski definition) is 2. The lowest BCUT2D eigenvalue weighted by molar-refractivity contribution is -0.870. The molecule has 0 aromatic rings. The first-order chi connectivity index (χ1) is 49.0. The second-order valence-corrected chi connectivity index (χ2v) is 34.8. The maximum Gasteiger partial charge on any atom is 0.472 e. The van der Waals surface area contributed by atoms with Gasteiger partial charge < -0.3 is 42.4 Å². The number of unbranched alkanes of at least 4 members (excludes halogenated alkanes) is 44. The summed E-state index contributed by atoms with van der Waals surface area (Å²) in [5.41, 5.74) is 0. The molecule has 0 rings (SSSR count). The summed E-state index contributed by atoms with van der Waals surface area (Å²) in [6.45, 7) is 4.58. The molecule has 20 nitrogen and oxygen atoms in total. The van der Waals surface area contributed by atoms with Crippen molar-refractivity contribution in [2.45, 2.75) is 366 Å². The van der Waals surface area contributed by atoms with Gasteiger partial charge in [-0.15, -0.1) is 0 Å². The molecule has 23 heteroatoms. The number of ether oxygens (including phenoxy) is 5. The molecule has 604 valence electrons. The van der Waals surface area contributed by atoms with Crippen molar-refractivity contribution in [3.63, 3.8) is 0 Å². The SMILES string of the molecule is CCCCCCCCCCCCCCCC(=O)OC[C@H](COP(=O)(O)OCC[N+](C)(C)C)OC(=O)CCCCCCCCCCCCCCCSCCC(=O)OCCCCCCCCCCCC(=O)O[C@@H](COC(=O)CCCCCCCCCCCCCCC)COP(=O)(O)OCC[N+](C)(C)C. The number of likely N-dealkylation sites (N-methyl/N-ethyl adjacent to an activating group) is 2. The second-order valence-electron chi connectivity index (χ2n) is 30.7. The van der Waals surface area contributed by atoms with Gasteiger partial charge in [-0.05, 0) is 44.3 Å². The highest BCUT2D eigenvalue weighted by molar-refractivity contribution is 7.99. The Morgan fingerprint density at radius 3 is 0.843 bits per heavy atom. The number of thioether (sulfide) groups is 1. The molecule has 0 aromatic heterocycles. The number of carbonyl (C=O) groups excluding carboxylic acids is 5. The van der Waals surface area contributed by atoms with Crippen LogP contribution in [0.2, 0.25) is 0 Å². The average molecular weight is 1520 g/mol. The topological polar surface area (TPSA) is 243 Å². The third-order valence-electron chi connectivity index (χ3n) is 18.2. The molecule has 0 fully saturated rings.